The summed E-state index contributed by atoms with van der Waals surface area (Å²) in [5, 5.41) is 4.19. The van der Waals surface area contributed by atoms with Crippen molar-refractivity contribution in [3.8, 4) is 0 Å². The first-order valence-electron chi connectivity index (χ1n) is 8.05. The standard InChI is InChI=1S/C17H21N5O/c1-20-11-15(9-19-20)22-13-17(8-16(22)23)5-7-21(12-17)10-14-4-2-3-6-18-14/h2-4,6,9,11H,5,7-8,10,12-13H2,1H3/t17-/m1/s1. The second kappa shape index (κ2) is 5.45. The lowest BCUT2D eigenvalue weighted by atomic mass is 9.86. The van der Waals surface area contributed by atoms with Crippen LogP contribution in [-0.2, 0) is 18.4 Å². The Kier molecular flexibility index (Phi) is 3.41. The molecule has 2 saturated heterocycles. The van der Waals surface area contributed by atoms with E-state index >= 15 is 0 Å². The second-order valence-electron chi connectivity index (χ2n) is 6.81. The van der Waals surface area contributed by atoms with Crippen LogP contribution >= 0.6 is 0 Å². The average molecular weight is 311 g/mol. The minimum Gasteiger partial charge on any atom is -0.309 e. The van der Waals surface area contributed by atoms with E-state index in [1.807, 2.05) is 36.5 Å². The van der Waals surface area contributed by atoms with Crippen molar-refractivity contribution in [2.45, 2.75) is 19.4 Å². The summed E-state index contributed by atoms with van der Waals surface area (Å²) in [6.45, 7) is 3.66. The number of carbonyl (C=O) groups is 1. The Labute approximate surface area is 135 Å². The quantitative estimate of drug-likeness (QED) is 0.861. The number of hydrogen-bond donors (Lipinski definition) is 0. The highest BCUT2D eigenvalue weighted by Gasteiger charge is 2.47. The van der Waals surface area contributed by atoms with Gasteiger partial charge < -0.3 is 4.90 Å². The predicted molar refractivity (Wildman–Crippen MR) is 86.7 cm³/mol. The maximum absolute atomic E-state index is 12.5. The normalized spacial score (nSPS) is 24.9. The highest BCUT2D eigenvalue weighted by atomic mass is 16.2. The summed E-state index contributed by atoms with van der Waals surface area (Å²) in [4.78, 5) is 21.2. The molecule has 0 bridgehead atoms. The van der Waals surface area contributed by atoms with Gasteiger partial charge in [0.05, 0.1) is 17.6 Å². The second-order valence-corrected chi connectivity index (χ2v) is 6.81. The van der Waals surface area contributed by atoms with Gasteiger partial charge in [-0.05, 0) is 25.1 Å². The van der Waals surface area contributed by atoms with Crippen LogP contribution in [-0.4, -0.2) is 45.2 Å². The van der Waals surface area contributed by atoms with Crippen molar-refractivity contribution in [1.82, 2.24) is 19.7 Å². The smallest absolute Gasteiger partial charge is 0.227 e. The molecular formula is C17H21N5O. The molecule has 0 N–H and O–H groups in total. The van der Waals surface area contributed by atoms with Crippen molar-refractivity contribution in [2.24, 2.45) is 12.5 Å². The van der Waals surface area contributed by atoms with E-state index in [0.29, 0.717) is 6.42 Å². The van der Waals surface area contributed by atoms with Gasteiger partial charge in [0, 0.05) is 50.9 Å². The van der Waals surface area contributed by atoms with Crippen molar-refractivity contribution in [2.75, 3.05) is 24.5 Å². The largest absolute Gasteiger partial charge is 0.309 e. The van der Waals surface area contributed by atoms with Gasteiger partial charge in [-0.1, -0.05) is 6.07 Å². The maximum atomic E-state index is 12.5. The van der Waals surface area contributed by atoms with Gasteiger partial charge in [0.15, 0.2) is 0 Å². The first kappa shape index (κ1) is 14.4. The van der Waals surface area contributed by atoms with Gasteiger partial charge in [0.25, 0.3) is 0 Å². The molecule has 6 heteroatoms. The van der Waals surface area contributed by atoms with Crippen LogP contribution in [0.2, 0.25) is 0 Å². The highest BCUT2D eigenvalue weighted by molar-refractivity contribution is 5.96. The highest BCUT2D eigenvalue weighted by Crippen LogP contribution is 2.41. The molecule has 1 spiro atoms. The van der Waals surface area contributed by atoms with Gasteiger partial charge in [-0.25, -0.2) is 0 Å². The summed E-state index contributed by atoms with van der Waals surface area (Å²) in [6, 6.07) is 6.03. The summed E-state index contributed by atoms with van der Waals surface area (Å²) in [5.41, 5.74) is 2.09. The third-order valence-corrected chi connectivity index (χ3v) is 4.95. The van der Waals surface area contributed by atoms with E-state index < -0.39 is 0 Å². The van der Waals surface area contributed by atoms with E-state index in [4.69, 9.17) is 0 Å². The molecule has 1 amide bonds. The number of carbonyl (C=O) groups excluding carboxylic acids is 1. The number of amides is 1. The van der Waals surface area contributed by atoms with Crippen LogP contribution in [0.3, 0.4) is 0 Å². The molecule has 2 fully saturated rings. The van der Waals surface area contributed by atoms with E-state index in [9.17, 15) is 4.79 Å². The molecule has 0 aromatic carbocycles. The Hall–Kier alpha value is -2.21. The maximum Gasteiger partial charge on any atom is 0.227 e. The Balaban J connectivity index is 1.45. The SMILES string of the molecule is Cn1cc(N2C[C@]3(CCN(Cc4ccccn4)C3)CC2=O)cn1. The van der Waals surface area contributed by atoms with Gasteiger partial charge in [0.2, 0.25) is 5.91 Å². The van der Waals surface area contributed by atoms with E-state index in [1.54, 1.807) is 10.9 Å². The number of likely N-dealkylation sites (tertiary alicyclic amines) is 1. The summed E-state index contributed by atoms with van der Waals surface area (Å²) in [6.07, 6.45) is 7.24. The van der Waals surface area contributed by atoms with Gasteiger partial charge >= 0.3 is 0 Å². The average Bonchev–Trinajstić information content (AvgIpc) is 3.21. The first-order chi connectivity index (χ1) is 11.1. The van der Waals surface area contributed by atoms with Crippen molar-refractivity contribution >= 4 is 11.6 Å². The van der Waals surface area contributed by atoms with Gasteiger partial charge in [-0.15, -0.1) is 0 Å². The summed E-state index contributed by atoms with van der Waals surface area (Å²) < 4.78 is 1.75. The summed E-state index contributed by atoms with van der Waals surface area (Å²) in [7, 11) is 1.88. The Morgan fingerprint density at radius 3 is 2.96 bits per heavy atom. The van der Waals surface area contributed by atoms with Crippen LogP contribution in [0.4, 0.5) is 5.69 Å². The van der Waals surface area contributed by atoms with Crippen LogP contribution in [0.15, 0.2) is 36.8 Å². The van der Waals surface area contributed by atoms with Crippen molar-refractivity contribution < 1.29 is 4.79 Å². The zero-order chi connectivity index (χ0) is 15.9. The van der Waals surface area contributed by atoms with E-state index in [-0.39, 0.29) is 11.3 Å². The number of aromatic nitrogens is 3. The van der Waals surface area contributed by atoms with Crippen LogP contribution < -0.4 is 4.90 Å². The summed E-state index contributed by atoms with van der Waals surface area (Å²) in [5.74, 6) is 0.220. The number of anilines is 1. The monoisotopic (exact) mass is 311 g/mol. The van der Waals surface area contributed by atoms with E-state index in [2.05, 4.69) is 21.0 Å². The molecule has 120 valence electrons. The van der Waals surface area contributed by atoms with E-state index in [1.165, 1.54) is 0 Å². The zero-order valence-electron chi connectivity index (χ0n) is 13.4. The lowest BCUT2D eigenvalue weighted by molar-refractivity contribution is -0.117. The van der Waals surface area contributed by atoms with Gasteiger partial charge in [-0.2, -0.15) is 5.10 Å². The molecule has 0 unspecified atom stereocenters. The van der Waals surface area contributed by atoms with Crippen molar-refractivity contribution in [3.05, 3.63) is 42.5 Å². The first-order valence-corrected chi connectivity index (χ1v) is 8.05. The molecule has 2 aliphatic heterocycles. The van der Waals surface area contributed by atoms with Gasteiger partial charge in [0.1, 0.15) is 0 Å². The molecule has 2 aromatic heterocycles. The Morgan fingerprint density at radius 2 is 2.22 bits per heavy atom. The third-order valence-electron chi connectivity index (χ3n) is 4.95. The molecule has 0 radical (unpaired) electrons. The Bertz CT molecular complexity index is 713. The minimum absolute atomic E-state index is 0.0850. The van der Waals surface area contributed by atoms with Crippen molar-refractivity contribution in [1.29, 1.82) is 0 Å². The number of pyridine rings is 1. The minimum atomic E-state index is 0.0850. The molecule has 2 aromatic rings. The fourth-order valence-corrected chi connectivity index (χ4v) is 3.84. The summed E-state index contributed by atoms with van der Waals surface area (Å²) >= 11 is 0. The molecule has 1 atom stereocenters. The number of aryl methyl sites for hydroxylation is 1. The number of rotatable bonds is 3. The Morgan fingerprint density at radius 1 is 1.30 bits per heavy atom. The number of nitrogens with zero attached hydrogens (tertiary/aromatic N) is 5. The number of hydrogen-bond acceptors (Lipinski definition) is 4. The molecular weight excluding hydrogens is 290 g/mol. The van der Waals surface area contributed by atoms with Crippen molar-refractivity contribution in [3.63, 3.8) is 0 Å². The molecule has 4 heterocycles. The molecule has 6 nitrogen and oxygen atoms in total. The molecule has 2 aliphatic rings. The third kappa shape index (κ3) is 2.74. The van der Waals surface area contributed by atoms with Crippen LogP contribution in [0, 0.1) is 5.41 Å². The molecule has 4 rings (SSSR count). The molecule has 0 saturated carbocycles. The zero-order valence-corrected chi connectivity index (χ0v) is 13.4. The topological polar surface area (TPSA) is 54.3 Å². The van der Waals surface area contributed by atoms with E-state index in [0.717, 1.165) is 44.0 Å². The predicted octanol–water partition coefficient (Wildman–Crippen LogP) is 1.44. The lowest BCUT2D eigenvalue weighted by Crippen LogP contribution is -2.31. The molecule has 23 heavy (non-hydrogen) atoms. The fourth-order valence-electron chi connectivity index (χ4n) is 3.84. The lowest BCUT2D eigenvalue weighted by Gasteiger charge is -2.23. The molecule has 0 aliphatic carbocycles. The van der Waals surface area contributed by atoms with Crippen LogP contribution in [0.25, 0.3) is 0 Å². The van der Waals surface area contributed by atoms with Crippen LogP contribution in [0.1, 0.15) is 18.5 Å². The van der Waals surface area contributed by atoms with Gasteiger partial charge in [-0.3, -0.25) is 19.4 Å². The van der Waals surface area contributed by atoms with Crippen LogP contribution in [0.5, 0.6) is 0 Å². The fraction of sp³-hybridized carbons (Fsp3) is 0.471.